The Bertz CT molecular complexity index is 425. The highest BCUT2D eigenvalue weighted by Crippen LogP contribution is 2.32. The monoisotopic (exact) mass is 237 g/mol. The van der Waals surface area contributed by atoms with Crippen molar-refractivity contribution in [2.75, 3.05) is 0 Å². The van der Waals surface area contributed by atoms with E-state index in [-0.39, 0.29) is 0 Å². The first-order valence-corrected chi connectivity index (χ1v) is 4.08. The van der Waals surface area contributed by atoms with Gasteiger partial charge in [-0.05, 0) is 0 Å². The van der Waals surface area contributed by atoms with Gasteiger partial charge < -0.3 is 15.9 Å². The van der Waals surface area contributed by atoms with Gasteiger partial charge in [0.15, 0.2) is 5.82 Å². The standard InChI is InChI=1S/C8H6ClF2NO3/c9-5-3(13)1-2(10)4(6(5)11)7(12)8(14)15/h1,7,13H,12H2,(H,14,15). The fraction of sp³-hybridized carbons (Fsp3) is 0.125. The molecule has 0 aromatic heterocycles. The molecule has 0 saturated carbocycles. The molecule has 0 bridgehead atoms. The SMILES string of the molecule is NC(C(=O)O)c1c(F)cc(O)c(Cl)c1F. The van der Waals surface area contributed by atoms with E-state index in [0.717, 1.165) is 0 Å². The number of carbonyl (C=O) groups is 1. The highest BCUT2D eigenvalue weighted by atomic mass is 35.5. The number of rotatable bonds is 2. The fourth-order valence-corrected chi connectivity index (χ4v) is 1.16. The van der Waals surface area contributed by atoms with Crippen LogP contribution in [-0.2, 0) is 4.79 Å². The summed E-state index contributed by atoms with van der Waals surface area (Å²) in [6, 6.07) is -1.37. The second-order valence-electron chi connectivity index (χ2n) is 2.74. The van der Waals surface area contributed by atoms with E-state index in [1.807, 2.05) is 0 Å². The van der Waals surface area contributed by atoms with Gasteiger partial charge in [0.25, 0.3) is 0 Å². The summed E-state index contributed by atoms with van der Waals surface area (Å²) in [6.45, 7) is 0. The molecule has 1 unspecified atom stereocenters. The number of halogens is 3. The second-order valence-corrected chi connectivity index (χ2v) is 3.11. The van der Waals surface area contributed by atoms with Gasteiger partial charge in [-0.1, -0.05) is 11.6 Å². The molecular formula is C8H6ClF2NO3. The molecule has 82 valence electrons. The first kappa shape index (κ1) is 11.7. The molecule has 7 heteroatoms. The van der Waals surface area contributed by atoms with Crippen molar-refractivity contribution in [3.63, 3.8) is 0 Å². The van der Waals surface area contributed by atoms with Crippen molar-refractivity contribution in [1.29, 1.82) is 0 Å². The van der Waals surface area contributed by atoms with Crippen LogP contribution in [0.4, 0.5) is 8.78 Å². The molecule has 1 atom stereocenters. The Morgan fingerprint density at radius 2 is 2.07 bits per heavy atom. The molecule has 0 spiro atoms. The van der Waals surface area contributed by atoms with E-state index in [1.165, 1.54) is 0 Å². The summed E-state index contributed by atoms with van der Waals surface area (Å²) >= 11 is 5.26. The largest absolute Gasteiger partial charge is 0.506 e. The third-order valence-electron chi connectivity index (χ3n) is 1.75. The van der Waals surface area contributed by atoms with Gasteiger partial charge in [0, 0.05) is 6.07 Å². The smallest absolute Gasteiger partial charge is 0.325 e. The van der Waals surface area contributed by atoms with Crippen LogP contribution >= 0.6 is 11.6 Å². The Morgan fingerprint density at radius 3 is 2.53 bits per heavy atom. The molecule has 0 radical (unpaired) electrons. The number of aliphatic carboxylic acids is 1. The summed E-state index contributed by atoms with van der Waals surface area (Å²) in [7, 11) is 0. The minimum atomic E-state index is -1.87. The number of phenols is 1. The average molecular weight is 238 g/mol. The topological polar surface area (TPSA) is 83.6 Å². The summed E-state index contributed by atoms with van der Waals surface area (Å²) in [5, 5.41) is 16.6. The van der Waals surface area contributed by atoms with Crippen LogP contribution in [0.3, 0.4) is 0 Å². The van der Waals surface area contributed by atoms with Crippen LogP contribution in [-0.4, -0.2) is 16.2 Å². The molecule has 0 saturated heterocycles. The number of benzene rings is 1. The summed E-state index contributed by atoms with van der Waals surface area (Å²) in [5.41, 5.74) is 4.15. The van der Waals surface area contributed by atoms with Crippen LogP contribution in [0.15, 0.2) is 6.07 Å². The second kappa shape index (κ2) is 4.00. The Morgan fingerprint density at radius 1 is 1.53 bits per heavy atom. The molecule has 1 aromatic rings. The van der Waals surface area contributed by atoms with E-state index in [9.17, 15) is 13.6 Å². The maximum Gasteiger partial charge on any atom is 0.325 e. The van der Waals surface area contributed by atoms with Gasteiger partial charge >= 0.3 is 5.97 Å². The van der Waals surface area contributed by atoms with Gasteiger partial charge in [0.05, 0.1) is 5.56 Å². The predicted octanol–water partition coefficient (Wildman–Crippen LogP) is 1.41. The Kier molecular flexibility index (Phi) is 3.11. The fourth-order valence-electron chi connectivity index (χ4n) is 1.01. The van der Waals surface area contributed by atoms with E-state index in [2.05, 4.69) is 0 Å². The molecule has 0 aliphatic heterocycles. The Labute approximate surface area is 87.9 Å². The van der Waals surface area contributed by atoms with Crippen molar-refractivity contribution >= 4 is 17.6 Å². The molecule has 1 rings (SSSR count). The third kappa shape index (κ3) is 2.00. The normalized spacial score (nSPS) is 12.5. The maximum absolute atomic E-state index is 13.3. The van der Waals surface area contributed by atoms with Crippen LogP contribution < -0.4 is 5.73 Å². The first-order valence-electron chi connectivity index (χ1n) is 3.71. The molecular weight excluding hydrogens is 232 g/mol. The molecule has 1 aromatic carbocycles. The van der Waals surface area contributed by atoms with Crippen LogP contribution in [0.5, 0.6) is 5.75 Å². The summed E-state index contributed by atoms with van der Waals surface area (Å²) in [6.07, 6.45) is 0. The molecule has 4 nitrogen and oxygen atoms in total. The third-order valence-corrected chi connectivity index (χ3v) is 2.11. The number of phenolic OH excluding ortho intramolecular Hbond substituents is 1. The lowest BCUT2D eigenvalue weighted by Crippen LogP contribution is -2.23. The van der Waals surface area contributed by atoms with Crippen molar-refractivity contribution in [1.82, 2.24) is 0 Å². The predicted molar refractivity (Wildman–Crippen MR) is 47.6 cm³/mol. The van der Waals surface area contributed by atoms with E-state index in [0.29, 0.717) is 6.07 Å². The van der Waals surface area contributed by atoms with E-state index in [1.54, 1.807) is 0 Å². The average Bonchev–Trinajstić information content (AvgIpc) is 2.14. The summed E-state index contributed by atoms with van der Waals surface area (Å²) in [5.74, 6) is -5.05. The number of carboxylic acid groups (broad SMARTS) is 1. The number of hydrogen-bond acceptors (Lipinski definition) is 3. The van der Waals surface area contributed by atoms with Crippen molar-refractivity contribution in [3.8, 4) is 5.75 Å². The molecule has 0 heterocycles. The van der Waals surface area contributed by atoms with Crippen LogP contribution in [0.1, 0.15) is 11.6 Å². The number of carboxylic acids is 1. The Balaban J connectivity index is 3.42. The minimum absolute atomic E-state index is 0.504. The minimum Gasteiger partial charge on any atom is -0.506 e. The zero-order valence-corrected chi connectivity index (χ0v) is 7.92. The van der Waals surface area contributed by atoms with Gasteiger partial charge in [-0.15, -0.1) is 0 Å². The summed E-state index contributed by atoms with van der Waals surface area (Å²) < 4.78 is 26.4. The number of aromatic hydroxyl groups is 1. The Hall–Kier alpha value is -1.40. The van der Waals surface area contributed by atoms with Crippen molar-refractivity contribution in [2.45, 2.75) is 6.04 Å². The number of nitrogens with two attached hydrogens (primary N) is 1. The first-order chi connectivity index (χ1) is 6.86. The molecule has 0 aliphatic carbocycles. The van der Waals surface area contributed by atoms with E-state index in [4.69, 9.17) is 27.5 Å². The molecule has 0 amide bonds. The van der Waals surface area contributed by atoms with Gasteiger partial charge in [-0.2, -0.15) is 0 Å². The van der Waals surface area contributed by atoms with Crippen molar-refractivity contribution < 1.29 is 23.8 Å². The van der Waals surface area contributed by atoms with Crippen LogP contribution in [0.25, 0.3) is 0 Å². The molecule has 0 aliphatic rings. The van der Waals surface area contributed by atoms with Crippen LogP contribution in [0, 0.1) is 11.6 Å². The quantitative estimate of drug-likeness (QED) is 0.679. The van der Waals surface area contributed by atoms with E-state index >= 15 is 0 Å². The van der Waals surface area contributed by atoms with Crippen molar-refractivity contribution in [3.05, 3.63) is 28.3 Å². The maximum atomic E-state index is 13.3. The molecule has 15 heavy (non-hydrogen) atoms. The lowest BCUT2D eigenvalue weighted by Gasteiger charge is -2.11. The van der Waals surface area contributed by atoms with Gasteiger partial charge in [0.1, 0.15) is 22.6 Å². The highest BCUT2D eigenvalue weighted by molar-refractivity contribution is 6.32. The summed E-state index contributed by atoms with van der Waals surface area (Å²) in [4.78, 5) is 10.4. The van der Waals surface area contributed by atoms with Gasteiger partial charge in [0.2, 0.25) is 0 Å². The molecule has 0 fully saturated rings. The van der Waals surface area contributed by atoms with Crippen molar-refractivity contribution in [2.24, 2.45) is 5.73 Å². The lowest BCUT2D eigenvalue weighted by atomic mass is 10.1. The van der Waals surface area contributed by atoms with Crippen LogP contribution in [0.2, 0.25) is 5.02 Å². The molecule has 4 N–H and O–H groups in total. The van der Waals surface area contributed by atoms with E-state index < -0.39 is 40.0 Å². The van der Waals surface area contributed by atoms with Gasteiger partial charge in [-0.25, -0.2) is 8.78 Å². The lowest BCUT2D eigenvalue weighted by molar-refractivity contribution is -0.138. The number of hydrogen-bond donors (Lipinski definition) is 3. The highest BCUT2D eigenvalue weighted by Gasteiger charge is 2.26. The van der Waals surface area contributed by atoms with Gasteiger partial charge in [-0.3, -0.25) is 4.79 Å². The zero-order chi connectivity index (χ0) is 11.7. The zero-order valence-electron chi connectivity index (χ0n) is 7.17.